The number of aryl methyl sites for hydroxylation is 1. The van der Waals surface area contributed by atoms with Crippen molar-refractivity contribution in [2.45, 2.75) is 29.6 Å². The second kappa shape index (κ2) is 6.14. The van der Waals surface area contributed by atoms with Crippen LogP contribution < -0.4 is 0 Å². The fraction of sp³-hybridized carbons (Fsp3) is 0.400. The molecule has 19 heavy (non-hydrogen) atoms. The van der Waals surface area contributed by atoms with Gasteiger partial charge in [-0.2, -0.15) is 5.26 Å². The van der Waals surface area contributed by atoms with Gasteiger partial charge in [-0.1, -0.05) is 29.8 Å². The molecule has 0 heterocycles. The van der Waals surface area contributed by atoms with E-state index in [1.165, 1.54) is 0 Å². The molecule has 0 fully saturated rings. The minimum Gasteiger partial charge on any atom is -0.376 e. The zero-order valence-corrected chi connectivity index (χ0v) is 11.9. The fourth-order valence-electron chi connectivity index (χ4n) is 2.27. The van der Waals surface area contributed by atoms with Crippen LogP contribution >= 0.6 is 0 Å². The molecule has 1 aromatic rings. The lowest BCUT2D eigenvalue weighted by Gasteiger charge is -2.28. The van der Waals surface area contributed by atoms with E-state index in [9.17, 15) is 9.47 Å². The maximum atomic E-state index is 12.6. The summed E-state index contributed by atoms with van der Waals surface area (Å²) in [7, 11) is 0.396. The van der Waals surface area contributed by atoms with Gasteiger partial charge in [-0.05, 0) is 25.5 Å². The van der Waals surface area contributed by atoms with Crippen LogP contribution in [0.3, 0.4) is 0 Å². The van der Waals surface area contributed by atoms with Gasteiger partial charge in [0.25, 0.3) is 0 Å². The molecule has 0 bridgehead atoms. The van der Waals surface area contributed by atoms with Crippen LogP contribution in [0.2, 0.25) is 0 Å². The quantitative estimate of drug-likeness (QED) is 0.797. The molecule has 0 aliphatic heterocycles. The van der Waals surface area contributed by atoms with Crippen LogP contribution in [0.15, 0.2) is 41.3 Å². The van der Waals surface area contributed by atoms with Gasteiger partial charge in [0.1, 0.15) is 0 Å². The van der Waals surface area contributed by atoms with Crippen LogP contribution in [0.4, 0.5) is 0 Å². The molecule has 0 aromatic heterocycles. The highest BCUT2D eigenvalue weighted by molar-refractivity contribution is 7.85. The van der Waals surface area contributed by atoms with Crippen LogP contribution in [0.1, 0.15) is 12.0 Å². The van der Waals surface area contributed by atoms with E-state index >= 15 is 0 Å². The molecule has 0 amide bonds. The normalized spacial score (nSPS) is 27.7. The van der Waals surface area contributed by atoms with Gasteiger partial charge in [-0.3, -0.25) is 4.21 Å². The molecular weight excluding hydrogens is 258 g/mol. The van der Waals surface area contributed by atoms with Crippen molar-refractivity contribution in [1.29, 1.82) is 5.26 Å². The first-order valence-corrected chi connectivity index (χ1v) is 7.45. The Morgan fingerprint density at radius 1 is 1.37 bits per heavy atom. The zero-order chi connectivity index (χ0) is 13.8. The van der Waals surface area contributed by atoms with Crippen LogP contribution in [-0.4, -0.2) is 22.7 Å². The summed E-state index contributed by atoms with van der Waals surface area (Å²) in [5, 5.41) is 9.10. The zero-order valence-electron chi connectivity index (χ0n) is 11.1. The standard InChI is InChI=1S/C15H17NO2S/c1-11-6-8-12(9-7-11)19(17)15-5-3-4-14(18-2)13(15)10-16/h3-4,6-9,13-15H,5H2,1-2H3/t13-,14-,15+,19-/m1/s1. The lowest BCUT2D eigenvalue weighted by atomic mass is 9.92. The van der Waals surface area contributed by atoms with Crippen molar-refractivity contribution in [1.82, 2.24) is 0 Å². The summed E-state index contributed by atoms with van der Waals surface area (Å²) in [5.74, 6) is -0.364. The van der Waals surface area contributed by atoms with E-state index in [-0.39, 0.29) is 17.3 Å². The smallest absolute Gasteiger partial charge is 0.0922 e. The van der Waals surface area contributed by atoms with E-state index < -0.39 is 10.8 Å². The highest BCUT2D eigenvalue weighted by Gasteiger charge is 2.35. The van der Waals surface area contributed by atoms with Crippen molar-refractivity contribution in [2.75, 3.05) is 7.11 Å². The molecule has 4 heteroatoms. The van der Waals surface area contributed by atoms with Crippen molar-refractivity contribution >= 4 is 10.8 Å². The summed E-state index contributed by atoms with van der Waals surface area (Å²) in [5.41, 5.74) is 1.14. The minimum atomic E-state index is -1.18. The first-order valence-electron chi connectivity index (χ1n) is 6.23. The largest absolute Gasteiger partial charge is 0.376 e. The first kappa shape index (κ1) is 14.0. The minimum absolute atomic E-state index is 0.206. The van der Waals surface area contributed by atoms with E-state index in [4.69, 9.17) is 4.74 Å². The van der Waals surface area contributed by atoms with Gasteiger partial charge < -0.3 is 4.74 Å². The molecule has 3 nitrogen and oxygen atoms in total. The number of rotatable bonds is 3. The van der Waals surface area contributed by atoms with E-state index in [2.05, 4.69) is 6.07 Å². The van der Waals surface area contributed by atoms with E-state index in [1.807, 2.05) is 43.3 Å². The van der Waals surface area contributed by atoms with Crippen LogP contribution in [-0.2, 0) is 15.5 Å². The molecule has 0 spiro atoms. The molecule has 2 rings (SSSR count). The van der Waals surface area contributed by atoms with Crippen LogP contribution in [0.5, 0.6) is 0 Å². The number of nitriles is 1. The molecule has 0 N–H and O–H groups in total. The van der Waals surface area contributed by atoms with Crippen LogP contribution in [0.25, 0.3) is 0 Å². The average molecular weight is 275 g/mol. The summed E-state index contributed by atoms with van der Waals surface area (Å²) in [4.78, 5) is 0.779. The van der Waals surface area contributed by atoms with Gasteiger partial charge in [0, 0.05) is 12.0 Å². The summed E-state index contributed by atoms with van der Waals surface area (Å²) in [6.45, 7) is 2.00. The second-order valence-electron chi connectivity index (χ2n) is 4.67. The second-order valence-corrected chi connectivity index (χ2v) is 6.34. The Bertz CT molecular complexity index is 530. The number of methoxy groups -OCH3 is 1. The molecule has 0 saturated carbocycles. The molecule has 0 unspecified atom stereocenters. The van der Waals surface area contributed by atoms with Gasteiger partial charge in [-0.15, -0.1) is 0 Å². The number of hydrogen-bond donors (Lipinski definition) is 0. The predicted molar refractivity (Wildman–Crippen MR) is 75.0 cm³/mol. The Kier molecular flexibility index (Phi) is 4.52. The number of hydrogen-bond acceptors (Lipinski definition) is 3. The van der Waals surface area contributed by atoms with Gasteiger partial charge in [0.2, 0.25) is 0 Å². The van der Waals surface area contributed by atoms with Gasteiger partial charge in [0.15, 0.2) is 0 Å². The van der Waals surface area contributed by atoms with E-state index in [0.29, 0.717) is 6.42 Å². The third kappa shape index (κ3) is 2.94. The Morgan fingerprint density at radius 3 is 2.63 bits per heavy atom. The van der Waals surface area contributed by atoms with Crippen molar-refractivity contribution < 1.29 is 8.95 Å². The van der Waals surface area contributed by atoms with Crippen molar-refractivity contribution in [3.8, 4) is 6.07 Å². The van der Waals surface area contributed by atoms with Crippen molar-refractivity contribution in [3.05, 3.63) is 42.0 Å². The predicted octanol–water partition coefficient (Wildman–Crippen LogP) is 2.59. The summed E-state index contributed by atoms with van der Waals surface area (Å²) < 4.78 is 17.9. The first-order chi connectivity index (χ1) is 9.17. The summed E-state index contributed by atoms with van der Waals surface area (Å²) >= 11 is 0. The van der Waals surface area contributed by atoms with Crippen LogP contribution in [0, 0.1) is 24.2 Å². The van der Waals surface area contributed by atoms with E-state index in [0.717, 1.165) is 10.5 Å². The Balaban J connectivity index is 2.25. The van der Waals surface area contributed by atoms with Crippen molar-refractivity contribution in [2.24, 2.45) is 5.92 Å². The monoisotopic (exact) mass is 275 g/mol. The van der Waals surface area contributed by atoms with Gasteiger partial charge >= 0.3 is 0 Å². The fourth-order valence-corrected chi connectivity index (χ4v) is 3.80. The molecule has 1 aromatic carbocycles. The number of ether oxygens (including phenoxy) is 1. The third-order valence-corrected chi connectivity index (χ3v) is 5.17. The Hall–Kier alpha value is -1.44. The molecule has 0 radical (unpaired) electrons. The topological polar surface area (TPSA) is 50.1 Å². The maximum Gasteiger partial charge on any atom is 0.0922 e. The maximum absolute atomic E-state index is 12.6. The molecule has 100 valence electrons. The summed E-state index contributed by atoms with van der Waals surface area (Å²) in [6, 6.07) is 9.89. The van der Waals surface area contributed by atoms with E-state index in [1.54, 1.807) is 7.11 Å². The molecule has 1 aliphatic rings. The van der Waals surface area contributed by atoms with Gasteiger partial charge in [-0.25, -0.2) is 0 Å². The Morgan fingerprint density at radius 2 is 2.05 bits per heavy atom. The molecule has 0 saturated heterocycles. The summed E-state index contributed by atoms with van der Waals surface area (Å²) in [6.07, 6.45) is 4.23. The molecule has 4 atom stereocenters. The third-order valence-electron chi connectivity index (χ3n) is 3.40. The lowest BCUT2D eigenvalue weighted by molar-refractivity contribution is 0.104. The number of allylic oxidation sites excluding steroid dienone is 1. The highest BCUT2D eigenvalue weighted by atomic mass is 32.2. The molecular formula is C15H17NO2S. The van der Waals surface area contributed by atoms with Crippen molar-refractivity contribution in [3.63, 3.8) is 0 Å². The highest BCUT2D eigenvalue weighted by Crippen LogP contribution is 2.28. The number of nitrogens with zero attached hydrogens (tertiary/aromatic N) is 1. The average Bonchev–Trinajstić information content (AvgIpc) is 2.46. The van der Waals surface area contributed by atoms with Gasteiger partial charge in [0.05, 0.1) is 34.1 Å². The Labute approximate surface area is 116 Å². The lowest BCUT2D eigenvalue weighted by Crippen LogP contribution is -2.36. The molecule has 1 aliphatic carbocycles. The SMILES string of the molecule is CO[C@@H]1C=CC[C@H]([S@](=O)c2ccc(C)cc2)[C@@H]1C#N. The number of benzene rings is 1.